The van der Waals surface area contributed by atoms with Crippen LogP contribution in [0, 0.1) is 11.6 Å². The van der Waals surface area contributed by atoms with Gasteiger partial charge in [0.25, 0.3) is 0 Å². The molecule has 0 aliphatic rings. The lowest BCUT2D eigenvalue weighted by molar-refractivity contribution is 0.613. The molecule has 0 fully saturated rings. The number of halogens is 2. The number of hydrogen-bond donors (Lipinski definition) is 0. The molecule has 0 radical (unpaired) electrons. The topological polar surface area (TPSA) is 38.7 Å². The summed E-state index contributed by atoms with van der Waals surface area (Å²) in [6, 6.07) is 17.6. The fraction of sp³-hybridized carbons (Fsp3) is 0. The van der Waals surface area contributed by atoms with Crippen molar-refractivity contribution in [1.82, 2.24) is 15.2 Å². The summed E-state index contributed by atoms with van der Waals surface area (Å²) in [5.74, 6) is -1.06. The molecule has 0 spiro atoms. The fourth-order valence-corrected chi connectivity index (χ4v) is 2.78. The summed E-state index contributed by atoms with van der Waals surface area (Å²) in [4.78, 5) is 3.71. The highest BCUT2D eigenvalue weighted by molar-refractivity contribution is 5.75. The Morgan fingerprint density at radius 3 is 2.31 bits per heavy atom. The number of benzene rings is 2. The molecule has 4 rings (SSSR count). The van der Waals surface area contributed by atoms with E-state index >= 15 is 0 Å². The molecule has 2 heterocycles. The summed E-state index contributed by atoms with van der Waals surface area (Å²) in [5.41, 5.74) is 3.50. The molecular weight excluding hydrogens is 332 g/mol. The Balaban J connectivity index is 1.80. The molecule has 0 unspecified atom stereocenters. The van der Waals surface area contributed by atoms with Crippen LogP contribution in [0.15, 0.2) is 79.3 Å². The Morgan fingerprint density at radius 1 is 0.654 bits per heavy atom. The van der Waals surface area contributed by atoms with Gasteiger partial charge in [-0.1, -0.05) is 36.4 Å². The zero-order chi connectivity index (χ0) is 17.9. The zero-order valence-corrected chi connectivity index (χ0v) is 13.6. The van der Waals surface area contributed by atoms with Crippen LogP contribution in [0.25, 0.3) is 33.5 Å². The first-order chi connectivity index (χ1) is 12.7. The van der Waals surface area contributed by atoms with Gasteiger partial charge in [-0.25, -0.2) is 8.78 Å². The van der Waals surface area contributed by atoms with E-state index in [0.29, 0.717) is 5.69 Å². The van der Waals surface area contributed by atoms with Crippen molar-refractivity contribution >= 4 is 0 Å². The molecule has 0 aliphatic carbocycles. The summed E-state index contributed by atoms with van der Waals surface area (Å²) in [7, 11) is 0. The van der Waals surface area contributed by atoms with Gasteiger partial charge < -0.3 is 0 Å². The van der Waals surface area contributed by atoms with Crippen molar-refractivity contribution in [2.24, 2.45) is 0 Å². The van der Waals surface area contributed by atoms with Crippen molar-refractivity contribution in [3.8, 4) is 33.5 Å². The Hall–Kier alpha value is -3.47. The minimum atomic E-state index is -0.568. The van der Waals surface area contributed by atoms with Crippen LogP contribution < -0.4 is 0 Å². The Bertz CT molecular complexity index is 1070. The van der Waals surface area contributed by atoms with E-state index in [1.54, 1.807) is 18.3 Å². The van der Waals surface area contributed by atoms with Gasteiger partial charge in [0.1, 0.15) is 11.6 Å². The molecule has 0 bridgehead atoms. The number of rotatable bonds is 3. The molecular formula is C21H13F2N3. The maximum absolute atomic E-state index is 14.3. The van der Waals surface area contributed by atoms with Crippen LogP contribution >= 0.6 is 0 Å². The van der Waals surface area contributed by atoms with Crippen molar-refractivity contribution in [3.63, 3.8) is 0 Å². The first-order valence-corrected chi connectivity index (χ1v) is 8.00. The summed E-state index contributed by atoms with van der Waals surface area (Å²) < 4.78 is 28.3. The smallest absolute Gasteiger partial charge is 0.149 e. The molecule has 0 saturated heterocycles. The summed E-state index contributed by atoms with van der Waals surface area (Å²) in [5, 5.41) is 8.21. The normalized spacial score (nSPS) is 10.7. The molecule has 2 aromatic heterocycles. The van der Waals surface area contributed by atoms with Gasteiger partial charge in [0.05, 0.1) is 18.1 Å². The zero-order valence-electron chi connectivity index (χ0n) is 13.6. The first-order valence-electron chi connectivity index (χ1n) is 8.00. The average Bonchev–Trinajstić information content (AvgIpc) is 2.70. The molecule has 26 heavy (non-hydrogen) atoms. The van der Waals surface area contributed by atoms with Gasteiger partial charge in [0.2, 0.25) is 0 Å². The van der Waals surface area contributed by atoms with Gasteiger partial charge in [-0.3, -0.25) is 4.98 Å². The van der Waals surface area contributed by atoms with Gasteiger partial charge in [0.15, 0.2) is 0 Å². The van der Waals surface area contributed by atoms with Crippen LogP contribution in [0.5, 0.6) is 0 Å². The molecule has 0 atom stereocenters. The molecule has 0 amide bonds. The van der Waals surface area contributed by atoms with Crippen LogP contribution in [0.4, 0.5) is 8.78 Å². The highest BCUT2D eigenvalue weighted by Crippen LogP contribution is 2.31. The second-order valence-electron chi connectivity index (χ2n) is 5.75. The van der Waals surface area contributed by atoms with E-state index < -0.39 is 11.6 Å². The second kappa shape index (κ2) is 6.80. The third kappa shape index (κ3) is 3.07. The van der Waals surface area contributed by atoms with Crippen LogP contribution in [-0.2, 0) is 0 Å². The van der Waals surface area contributed by atoms with Crippen molar-refractivity contribution in [2.45, 2.75) is 0 Å². The molecule has 3 nitrogen and oxygen atoms in total. The number of aromatic nitrogens is 3. The van der Waals surface area contributed by atoms with Gasteiger partial charge in [-0.05, 0) is 29.8 Å². The first kappa shape index (κ1) is 16.0. The van der Waals surface area contributed by atoms with Gasteiger partial charge in [0, 0.05) is 28.5 Å². The minimum absolute atomic E-state index is 0.171. The average molecular weight is 345 g/mol. The molecule has 4 aromatic rings. The summed E-state index contributed by atoms with van der Waals surface area (Å²) in [6.45, 7) is 0. The predicted octanol–water partition coefficient (Wildman–Crippen LogP) is 5.15. The molecule has 5 heteroatoms. The van der Waals surface area contributed by atoms with E-state index in [-0.39, 0.29) is 11.1 Å². The lowest BCUT2D eigenvalue weighted by Gasteiger charge is -2.09. The lowest BCUT2D eigenvalue weighted by Crippen LogP contribution is -1.92. The van der Waals surface area contributed by atoms with Crippen LogP contribution in [0.1, 0.15) is 0 Å². The van der Waals surface area contributed by atoms with Gasteiger partial charge in [-0.2, -0.15) is 10.2 Å². The van der Waals surface area contributed by atoms with Crippen molar-refractivity contribution in [1.29, 1.82) is 0 Å². The van der Waals surface area contributed by atoms with Gasteiger partial charge in [-0.15, -0.1) is 0 Å². The number of pyridine rings is 1. The minimum Gasteiger partial charge on any atom is -0.262 e. The molecule has 126 valence electrons. The van der Waals surface area contributed by atoms with Crippen LogP contribution in [0.2, 0.25) is 0 Å². The monoisotopic (exact) mass is 345 g/mol. The summed E-state index contributed by atoms with van der Waals surface area (Å²) >= 11 is 0. The Labute approximate surface area is 149 Å². The highest BCUT2D eigenvalue weighted by atomic mass is 19.1. The number of hydrogen-bond acceptors (Lipinski definition) is 3. The second-order valence-corrected chi connectivity index (χ2v) is 5.75. The molecule has 0 saturated carbocycles. The molecule has 0 aliphatic heterocycles. The fourth-order valence-electron chi connectivity index (χ4n) is 2.78. The van der Waals surface area contributed by atoms with Crippen molar-refractivity contribution < 1.29 is 8.78 Å². The predicted molar refractivity (Wildman–Crippen MR) is 96.1 cm³/mol. The van der Waals surface area contributed by atoms with E-state index in [4.69, 9.17) is 0 Å². The Morgan fingerprint density at radius 2 is 1.50 bits per heavy atom. The van der Waals surface area contributed by atoms with Gasteiger partial charge >= 0.3 is 0 Å². The highest BCUT2D eigenvalue weighted by Gasteiger charge is 2.12. The van der Waals surface area contributed by atoms with Crippen LogP contribution in [-0.4, -0.2) is 15.2 Å². The maximum Gasteiger partial charge on any atom is 0.149 e. The Kier molecular flexibility index (Phi) is 4.19. The largest absolute Gasteiger partial charge is 0.262 e. The van der Waals surface area contributed by atoms with Crippen LogP contribution in [0.3, 0.4) is 0 Å². The molecule has 2 aromatic carbocycles. The van der Waals surface area contributed by atoms with E-state index in [0.717, 1.165) is 22.9 Å². The molecule has 0 N–H and O–H groups in total. The van der Waals surface area contributed by atoms with Crippen molar-refractivity contribution in [2.75, 3.05) is 0 Å². The van der Waals surface area contributed by atoms with E-state index in [1.165, 1.54) is 18.3 Å². The van der Waals surface area contributed by atoms with E-state index in [1.807, 2.05) is 36.4 Å². The SMILES string of the molecule is Fc1cnccc1-c1cc(-c2cnnc(-c3ccccc3)c2)ccc1F. The lowest BCUT2D eigenvalue weighted by atomic mass is 9.99. The number of nitrogens with zero attached hydrogens (tertiary/aromatic N) is 3. The maximum atomic E-state index is 14.3. The quantitative estimate of drug-likeness (QED) is 0.515. The third-order valence-corrected chi connectivity index (χ3v) is 4.09. The summed E-state index contributed by atoms with van der Waals surface area (Å²) in [6.07, 6.45) is 4.11. The van der Waals surface area contributed by atoms with E-state index in [9.17, 15) is 8.78 Å². The standard InChI is InChI=1S/C21H13F2N3/c22-19-7-6-15(10-18(19)17-8-9-24-13-20(17)23)16-11-21(26-25-12-16)14-4-2-1-3-5-14/h1-13H. The van der Waals surface area contributed by atoms with E-state index in [2.05, 4.69) is 15.2 Å². The van der Waals surface area contributed by atoms with Crippen molar-refractivity contribution in [3.05, 3.63) is 90.9 Å². The third-order valence-electron chi connectivity index (χ3n) is 4.09.